The van der Waals surface area contributed by atoms with E-state index in [0.29, 0.717) is 6.42 Å². The second-order valence-corrected chi connectivity index (χ2v) is 8.41. The second kappa shape index (κ2) is 8.42. The summed E-state index contributed by atoms with van der Waals surface area (Å²) in [5, 5.41) is 0. The molecule has 1 fully saturated rings. The molecule has 1 aliphatic heterocycles. The third-order valence-corrected chi connectivity index (χ3v) is 4.82. The van der Waals surface area contributed by atoms with Crippen LogP contribution < -0.4 is 0 Å². The maximum absolute atomic E-state index is 12.4. The van der Waals surface area contributed by atoms with Crippen molar-refractivity contribution in [2.75, 3.05) is 13.7 Å². The molecule has 138 valence electrons. The predicted molar refractivity (Wildman–Crippen MR) is 98.2 cm³/mol. The maximum Gasteiger partial charge on any atom is 0.411 e. The minimum atomic E-state index is -0.699. The van der Waals surface area contributed by atoms with Crippen LogP contribution in [-0.2, 0) is 18.5 Å². The number of carbonyl (C=O) groups excluding carboxylic acids is 2. The Labute approximate surface area is 160 Å². The molecule has 1 saturated heterocycles. The van der Waals surface area contributed by atoms with Gasteiger partial charge in [0.05, 0.1) is 19.8 Å². The first-order valence-electron chi connectivity index (χ1n) is 7.86. The summed E-state index contributed by atoms with van der Waals surface area (Å²) in [6.07, 6.45) is -0.456. The van der Waals surface area contributed by atoms with Crippen molar-refractivity contribution < 1.29 is 23.2 Å². The summed E-state index contributed by atoms with van der Waals surface area (Å²) >= 11 is 4.61. The summed E-state index contributed by atoms with van der Waals surface area (Å²) in [6, 6.07) is 6.99. The first-order valence-corrected chi connectivity index (χ1v) is 9.39. The van der Waals surface area contributed by atoms with E-state index in [9.17, 15) is 9.59 Å². The lowest BCUT2D eigenvalue weighted by Crippen LogP contribution is -2.43. The number of likely N-dealkylation sites (tertiary alicyclic amines) is 1. The highest BCUT2D eigenvalue weighted by Gasteiger charge is 2.43. The highest BCUT2D eigenvalue weighted by molar-refractivity contribution is 9.10. The van der Waals surface area contributed by atoms with Gasteiger partial charge in [-0.3, -0.25) is 4.90 Å². The van der Waals surface area contributed by atoms with Crippen molar-refractivity contribution in [1.82, 2.24) is 4.90 Å². The Balaban J connectivity index is 2.00. The van der Waals surface area contributed by atoms with Gasteiger partial charge in [-0.15, -0.1) is 0 Å². The fourth-order valence-corrected chi connectivity index (χ4v) is 3.26. The topological polar surface area (TPSA) is 65.1 Å². The Morgan fingerprint density at radius 1 is 1.24 bits per heavy atom. The fourth-order valence-electron chi connectivity index (χ4n) is 2.36. The van der Waals surface area contributed by atoms with Crippen LogP contribution in [0.25, 0.3) is 0 Å². The Bertz CT molecular complexity index is 616. The lowest BCUT2D eigenvalue weighted by molar-refractivity contribution is -0.145. The first-order chi connectivity index (χ1) is 11.7. The van der Waals surface area contributed by atoms with Crippen LogP contribution in [0, 0.1) is 0 Å². The average molecular weight is 432 g/mol. The number of esters is 1. The lowest BCUT2D eigenvalue weighted by atomic mass is 10.2. The van der Waals surface area contributed by atoms with E-state index in [1.807, 2.05) is 24.3 Å². The molecule has 0 bridgehead atoms. The van der Waals surface area contributed by atoms with Crippen molar-refractivity contribution >= 4 is 40.0 Å². The van der Waals surface area contributed by atoms with E-state index in [0.717, 1.165) is 9.37 Å². The predicted octanol–water partition coefficient (Wildman–Crippen LogP) is 4.02. The monoisotopic (exact) mass is 431 g/mol. The van der Waals surface area contributed by atoms with Crippen molar-refractivity contribution in [2.45, 2.75) is 49.8 Å². The SMILES string of the molecule is COC(=O)[C@@H]1C[C@H](OSc2ccc(Br)cc2)CN1C(=O)OC(C)(C)C. The molecule has 0 N–H and O–H groups in total. The maximum atomic E-state index is 12.4. The molecule has 1 aromatic carbocycles. The molecule has 2 atom stereocenters. The standard InChI is InChI=1S/C17H22BrNO5S/c1-17(2,3)23-16(21)19-10-12(9-14(19)15(20)22-4)24-25-13-7-5-11(18)6-8-13/h5-8,12,14H,9-10H2,1-4H3/t12-,14-/m0/s1. The third kappa shape index (κ3) is 5.90. The lowest BCUT2D eigenvalue weighted by Gasteiger charge is -2.27. The summed E-state index contributed by atoms with van der Waals surface area (Å²) in [7, 11) is 1.31. The van der Waals surface area contributed by atoms with Gasteiger partial charge in [-0.2, -0.15) is 0 Å². The van der Waals surface area contributed by atoms with Gasteiger partial charge in [0.2, 0.25) is 0 Å². The second-order valence-electron chi connectivity index (χ2n) is 6.66. The number of hydrogen-bond acceptors (Lipinski definition) is 6. The van der Waals surface area contributed by atoms with Gasteiger partial charge in [0.25, 0.3) is 0 Å². The summed E-state index contributed by atoms with van der Waals surface area (Å²) in [5.41, 5.74) is -0.636. The van der Waals surface area contributed by atoms with Crippen LogP contribution in [0.2, 0.25) is 0 Å². The van der Waals surface area contributed by atoms with E-state index in [-0.39, 0.29) is 12.6 Å². The number of halogens is 1. The van der Waals surface area contributed by atoms with Crippen LogP contribution in [0.4, 0.5) is 4.79 Å². The number of amides is 1. The first kappa shape index (κ1) is 20.1. The summed E-state index contributed by atoms with van der Waals surface area (Å²) in [6.45, 7) is 5.63. The molecule has 6 nitrogen and oxygen atoms in total. The van der Waals surface area contributed by atoms with Crippen LogP contribution in [0.15, 0.2) is 33.6 Å². The molecule has 2 rings (SSSR count). The quantitative estimate of drug-likeness (QED) is 0.529. The molecule has 1 aliphatic rings. The van der Waals surface area contributed by atoms with Gasteiger partial charge in [-0.1, -0.05) is 15.9 Å². The molecular formula is C17H22BrNO5S. The van der Waals surface area contributed by atoms with Gasteiger partial charge >= 0.3 is 12.1 Å². The molecule has 1 amide bonds. The zero-order valence-corrected chi connectivity index (χ0v) is 17.1. The van der Waals surface area contributed by atoms with Crippen LogP contribution in [-0.4, -0.2) is 48.4 Å². The largest absolute Gasteiger partial charge is 0.467 e. The smallest absolute Gasteiger partial charge is 0.411 e. The number of benzene rings is 1. The molecule has 0 unspecified atom stereocenters. The summed E-state index contributed by atoms with van der Waals surface area (Å²) < 4.78 is 17.0. The number of rotatable bonds is 4. The van der Waals surface area contributed by atoms with Crippen molar-refractivity contribution in [3.8, 4) is 0 Å². The number of methoxy groups -OCH3 is 1. The van der Waals surface area contributed by atoms with Gasteiger partial charge in [-0.25, -0.2) is 9.59 Å². The van der Waals surface area contributed by atoms with Gasteiger partial charge in [0.15, 0.2) is 0 Å². The zero-order chi connectivity index (χ0) is 18.6. The average Bonchev–Trinajstić information content (AvgIpc) is 2.96. The Hall–Kier alpha value is -1.25. The molecule has 0 aliphatic carbocycles. The zero-order valence-electron chi connectivity index (χ0n) is 14.7. The van der Waals surface area contributed by atoms with Gasteiger partial charge in [0, 0.05) is 27.8 Å². The fraction of sp³-hybridized carbons (Fsp3) is 0.529. The van der Waals surface area contributed by atoms with E-state index < -0.39 is 23.7 Å². The number of hydrogen-bond donors (Lipinski definition) is 0. The highest BCUT2D eigenvalue weighted by Crippen LogP contribution is 2.30. The Kier molecular flexibility index (Phi) is 6.76. The van der Waals surface area contributed by atoms with E-state index in [1.165, 1.54) is 24.1 Å². The van der Waals surface area contributed by atoms with Crippen LogP contribution in [0.3, 0.4) is 0 Å². The molecule has 1 heterocycles. The Morgan fingerprint density at radius 2 is 1.88 bits per heavy atom. The van der Waals surface area contributed by atoms with E-state index in [1.54, 1.807) is 20.8 Å². The molecule has 0 aromatic heterocycles. The normalized spacial score (nSPS) is 20.4. The Morgan fingerprint density at radius 3 is 2.44 bits per heavy atom. The van der Waals surface area contributed by atoms with Crippen molar-refractivity contribution in [3.05, 3.63) is 28.7 Å². The van der Waals surface area contributed by atoms with Gasteiger partial charge in [0.1, 0.15) is 11.6 Å². The van der Waals surface area contributed by atoms with Crippen molar-refractivity contribution in [3.63, 3.8) is 0 Å². The minimum Gasteiger partial charge on any atom is -0.467 e. The van der Waals surface area contributed by atoms with Crippen LogP contribution >= 0.6 is 28.0 Å². The highest BCUT2D eigenvalue weighted by atomic mass is 79.9. The molecule has 25 heavy (non-hydrogen) atoms. The number of carbonyl (C=O) groups is 2. The van der Waals surface area contributed by atoms with Crippen molar-refractivity contribution in [2.24, 2.45) is 0 Å². The molecule has 0 radical (unpaired) electrons. The van der Waals surface area contributed by atoms with Gasteiger partial charge < -0.3 is 13.7 Å². The van der Waals surface area contributed by atoms with Crippen LogP contribution in [0.1, 0.15) is 27.2 Å². The molecule has 1 aromatic rings. The van der Waals surface area contributed by atoms with E-state index in [4.69, 9.17) is 13.7 Å². The summed E-state index contributed by atoms with van der Waals surface area (Å²) in [4.78, 5) is 26.7. The molecule has 0 saturated carbocycles. The number of ether oxygens (including phenoxy) is 2. The van der Waals surface area contributed by atoms with E-state index >= 15 is 0 Å². The van der Waals surface area contributed by atoms with Crippen LogP contribution in [0.5, 0.6) is 0 Å². The number of nitrogens with zero attached hydrogens (tertiary/aromatic N) is 1. The molecular weight excluding hydrogens is 410 g/mol. The van der Waals surface area contributed by atoms with Gasteiger partial charge in [-0.05, 0) is 45.0 Å². The van der Waals surface area contributed by atoms with E-state index in [2.05, 4.69) is 15.9 Å². The minimum absolute atomic E-state index is 0.276. The third-order valence-electron chi connectivity index (χ3n) is 3.46. The summed E-state index contributed by atoms with van der Waals surface area (Å²) in [5.74, 6) is -0.467. The van der Waals surface area contributed by atoms with Crippen molar-refractivity contribution in [1.29, 1.82) is 0 Å². The molecule has 8 heteroatoms. The molecule has 0 spiro atoms.